The minimum absolute atomic E-state index is 0.117. The Hall–Kier alpha value is -0.610. The highest BCUT2D eigenvalue weighted by Crippen LogP contribution is 2.22. The molecule has 2 rings (SSSR count). The third-order valence-electron chi connectivity index (χ3n) is 2.64. The third kappa shape index (κ3) is 2.69. The molecule has 15 heavy (non-hydrogen) atoms. The van der Waals surface area contributed by atoms with E-state index in [1.54, 1.807) is 6.07 Å². The molecule has 3 nitrogen and oxygen atoms in total. The first-order valence-corrected chi connectivity index (χ1v) is 5.94. The Bertz CT molecular complexity index is 339. The van der Waals surface area contributed by atoms with Gasteiger partial charge in [0.2, 0.25) is 0 Å². The Labute approximate surface area is 96.9 Å². The van der Waals surface area contributed by atoms with Crippen molar-refractivity contribution in [2.45, 2.75) is 31.8 Å². The van der Waals surface area contributed by atoms with Gasteiger partial charge in [0.1, 0.15) is 0 Å². The smallest absolute Gasteiger partial charge is 0.179 e. The largest absolute Gasteiger partial charge is 0.457 e. The maximum Gasteiger partial charge on any atom is 0.179 e. The predicted octanol–water partition coefficient (Wildman–Crippen LogP) is 3.18. The number of furan rings is 1. The number of carbonyl (C=O) groups excluding carboxylic acids is 1. The van der Waals surface area contributed by atoms with Crippen molar-refractivity contribution < 1.29 is 13.9 Å². The van der Waals surface area contributed by atoms with Crippen molar-refractivity contribution >= 4 is 21.7 Å². The highest BCUT2D eigenvalue weighted by molar-refractivity contribution is 9.10. The summed E-state index contributed by atoms with van der Waals surface area (Å²) in [5.41, 5.74) is 0.632. The Kier molecular flexibility index (Phi) is 3.59. The number of ketones is 1. The van der Waals surface area contributed by atoms with E-state index in [2.05, 4.69) is 15.9 Å². The average Bonchev–Trinajstić information content (AvgIpc) is 2.84. The zero-order valence-electron chi connectivity index (χ0n) is 8.37. The van der Waals surface area contributed by atoms with Crippen molar-refractivity contribution in [3.05, 3.63) is 22.6 Å². The molecular formula is C11H13BrO3. The van der Waals surface area contributed by atoms with Crippen molar-refractivity contribution in [1.82, 2.24) is 0 Å². The first kappa shape index (κ1) is 10.9. The highest BCUT2D eigenvalue weighted by Gasteiger charge is 2.18. The molecule has 0 saturated carbocycles. The highest BCUT2D eigenvalue weighted by atomic mass is 79.9. The van der Waals surface area contributed by atoms with Crippen LogP contribution in [0.5, 0.6) is 0 Å². The van der Waals surface area contributed by atoms with Crippen LogP contribution in [0.1, 0.15) is 36.0 Å². The maximum absolute atomic E-state index is 11.7. The molecule has 1 aliphatic heterocycles. The molecule has 1 atom stereocenters. The molecule has 1 aromatic heterocycles. The second kappa shape index (κ2) is 4.94. The molecule has 2 heterocycles. The van der Waals surface area contributed by atoms with Gasteiger partial charge in [0.25, 0.3) is 0 Å². The Balaban J connectivity index is 1.84. The summed E-state index contributed by atoms with van der Waals surface area (Å²) in [6.45, 7) is 0.842. The van der Waals surface area contributed by atoms with Crippen molar-refractivity contribution in [2.24, 2.45) is 0 Å². The molecule has 1 saturated heterocycles. The standard InChI is InChI=1S/C11H13BrO3/c12-11-9(5-7-15-11)10(13)4-3-8-2-1-6-14-8/h5,7-8H,1-4,6H2. The van der Waals surface area contributed by atoms with Crippen LogP contribution in [0, 0.1) is 0 Å². The van der Waals surface area contributed by atoms with Crippen molar-refractivity contribution in [2.75, 3.05) is 6.61 Å². The number of hydrogen-bond acceptors (Lipinski definition) is 3. The summed E-state index contributed by atoms with van der Waals surface area (Å²) in [7, 11) is 0. The van der Waals surface area contributed by atoms with Crippen molar-refractivity contribution in [3.63, 3.8) is 0 Å². The Morgan fingerprint density at radius 2 is 2.47 bits per heavy atom. The van der Waals surface area contributed by atoms with E-state index in [1.807, 2.05) is 0 Å². The second-order valence-corrected chi connectivity index (χ2v) is 4.43. The normalized spacial score (nSPS) is 20.7. The van der Waals surface area contributed by atoms with Gasteiger partial charge >= 0.3 is 0 Å². The van der Waals surface area contributed by atoms with Gasteiger partial charge in [-0.1, -0.05) is 0 Å². The zero-order chi connectivity index (χ0) is 10.7. The van der Waals surface area contributed by atoms with Gasteiger partial charge in [0.05, 0.1) is 17.9 Å². The van der Waals surface area contributed by atoms with E-state index in [0.717, 1.165) is 25.9 Å². The number of rotatable bonds is 4. The van der Waals surface area contributed by atoms with E-state index in [9.17, 15) is 4.79 Å². The van der Waals surface area contributed by atoms with Crippen LogP contribution in [0.15, 0.2) is 21.4 Å². The van der Waals surface area contributed by atoms with Crippen LogP contribution in [0.2, 0.25) is 0 Å². The monoisotopic (exact) mass is 272 g/mol. The first-order valence-electron chi connectivity index (χ1n) is 5.15. The van der Waals surface area contributed by atoms with Crippen LogP contribution in [-0.4, -0.2) is 18.5 Å². The van der Waals surface area contributed by atoms with Gasteiger partial charge in [0, 0.05) is 13.0 Å². The maximum atomic E-state index is 11.7. The molecule has 0 spiro atoms. The van der Waals surface area contributed by atoms with Gasteiger partial charge in [-0.2, -0.15) is 0 Å². The predicted molar refractivity (Wildman–Crippen MR) is 58.9 cm³/mol. The van der Waals surface area contributed by atoms with Crippen LogP contribution in [0.25, 0.3) is 0 Å². The fourth-order valence-electron chi connectivity index (χ4n) is 1.79. The fraction of sp³-hybridized carbons (Fsp3) is 0.545. The molecule has 0 amide bonds. The molecule has 1 aliphatic rings. The molecular weight excluding hydrogens is 260 g/mol. The van der Waals surface area contributed by atoms with Gasteiger partial charge in [-0.3, -0.25) is 4.79 Å². The SMILES string of the molecule is O=C(CCC1CCCO1)c1ccoc1Br. The quantitative estimate of drug-likeness (QED) is 0.791. The van der Waals surface area contributed by atoms with Crippen LogP contribution in [-0.2, 0) is 4.74 Å². The van der Waals surface area contributed by atoms with Gasteiger partial charge < -0.3 is 9.15 Å². The molecule has 1 fully saturated rings. The van der Waals surface area contributed by atoms with Gasteiger partial charge in [0.15, 0.2) is 10.5 Å². The first-order chi connectivity index (χ1) is 7.27. The third-order valence-corrected chi connectivity index (χ3v) is 3.25. The summed E-state index contributed by atoms with van der Waals surface area (Å²) in [6.07, 6.45) is 5.34. The molecule has 0 aliphatic carbocycles. The van der Waals surface area contributed by atoms with E-state index < -0.39 is 0 Å². The number of carbonyl (C=O) groups is 1. The average molecular weight is 273 g/mol. The van der Waals surface area contributed by atoms with Gasteiger partial charge in [-0.05, 0) is 41.3 Å². The van der Waals surface area contributed by atoms with Crippen molar-refractivity contribution in [3.8, 4) is 0 Å². The number of ether oxygens (including phenoxy) is 1. The summed E-state index contributed by atoms with van der Waals surface area (Å²) in [4.78, 5) is 11.7. The summed E-state index contributed by atoms with van der Waals surface area (Å²) in [5, 5.41) is 0. The molecule has 0 N–H and O–H groups in total. The summed E-state index contributed by atoms with van der Waals surface area (Å²) in [6, 6.07) is 1.70. The molecule has 0 aromatic carbocycles. The van der Waals surface area contributed by atoms with Crippen LogP contribution in [0.4, 0.5) is 0 Å². The van der Waals surface area contributed by atoms with Crippen LogP contribution >= 0.6 is 15.9 Å². The lowest BCUT2D eigenvalue weighted by atomic mass is 10.1. The molecule has 0 radical (unpaired) electrons. The van der Waals surface area contributed by atoms with E-state index in [-0.39, 0.29) is 11.9 Å². The van der Waals surface area contributed by atoms with Crippen LogP contribution < -0.4 is 0 Å². The van der Waals surface area contributed by atoms with E-state index in [1.165, 1.54) is 6.26 Å². The topological polar surface area (TPSA) is 39.4 Å². The number of Topliss-reactive ketones (excluding diaryl/α,β-unsaturated/α-hetero) is 1. The van der Waals surface area contributed by atoms with Crippen LogP contribution in [0.3, 0.4) is 0 Å². The lowest BCUT2D eigenvalue weighted by molar-refractivity contribution is 0.0858. The van der Waals surface area contributed by atoms with E-state index in [4.69, 9.17) is 9.15 Å². The Morgan fingerprint density at radius 3 is 3.07 bits per heavy atom. The van der Waals surface area contributed by atoms with Crippen molar-refractivity contribution in [1.29, 1.82) is 0 Å². The lowest BCUT2D eigenvalue weighted by Crippen LogP contribution is -2.08. The van der Waals surface area contributed by atoms with Gasteiger partial charge in [-0.15, -0.1) is 0 Å². The summed E-state index contributed by atoms with van der Waals surface area (Å²) in [5.74, 6) is 0.117. The minimum atomic E-state index is 0.117. The summed E-state index contributed by atoms with van der Waals surface area (Å²) < 4.78 is 11.0. The zero-order valence-corrected chi connectivity index (χ0v) is 9.96. The molecule has 0 bridgehead atoms. The number of hydrogen-bond donors (Lipinski definition) is 0. The molecule has 1 unspecified atom stereocenters. The molecule has 4 heteroatoms. The Morgan fingerprint density at radius 1 is 1.60 bits per heavy atom. The second-order valence-electron chi connectivity index (χ2n) is 3.70. The van der Waals surface area contributed by atoms with Gasteiger partial charge in [-0.25, -0.2) is 0 Å². The molecule has 1 aromatic rings. The fourth-order valence-corrected chi connectivity index (χ4v) is 2.25. The lowest BCUT2D eigenvalue weighted by Gasteiger charge is -2.07. The van der Waals surface area contributed by atoms with E-state index >= 15 is 0 Å². The van der Waals surface area contributed by atoms with E-state index in [0.29, 0.717) is 16.7 Å². The summed E-state index contributed by atoms with van der Waals surface area (Å²) >= 11 is 3.20. The number of halogens is 1. The minimum Gasteiger partial charge on any atom is -0.457 e. The molecule has 82 valence electrons.